The van der Waals surface area contributed by atoms with Gasteiger partial charge in [0.25, 0.3) is 8.53 Å². The standard InChI is InChI=1S/C21H33F3NO4PS/c22-21(23,24)31(26,27)25-30-28-17-11-9-13-5-1-3-7-15(13)19(17)20-16-8-4-2-6-14(16)10-12-18(20)29-30/h13-20,25H,1-12H2. The van der Waals surface area contributed by atoms with Crippen LogP contribution >= 0.6 is 8.53 Å². The molecule has 0 spiro atoms. The number of hydrogen-bond donors (Lipinski definition) is 1. The smallest absolute Gasteiger partial charge is 0.318 e. The van der Waals surface area contributed by atoms with Crippen molar-refractivity contribution in [1.29, 1.82) is 0 Å². The molecule has 0 radical (unpaired) electrons. The molecule has 4 aliphatic carbocycles. The monoisotopic (exact) mass is 483 g/mol. The molecule has 1 heterocycles. The van der Waals surface area contributed by atoms with Gasteiger partial charge in [0, 0.05) is 0 Å². The van der Waals surface area contributed by atoms with Crippen LogP contribution < -0.4 is 4.49 Å². The first-order valence-corrected chi connectivity index (χ1v) is 14.6. The van der Waals surface area contributed by atoms with Crippen molar-refractivity contribution in [3.63, 3.8) is 0 Å². The maximum atomic E-state index is 13.0. The normalized spacial score (nSPS) is 46.1. The lowest BCUT2D eigenvalue weighted by Crippen LogP contribution is -2.51. The predicted molar refractivity (Wildman–Crippen MR) is 111 cm³/mol. The van der Waals surface area contributed by atoms with Crippen LogP contribution in [0.3, 0.4) is 0 Å². The number of rotatable bonds is 2. The number of alkyl halides is 3. The van der Waals surface area contributed by atoms with Gasteiger partial charge in [0.1, 0.15) is 0 Å². The van der Waals surface area contributed by atoms with Gasteiger partial charge in [-0.15, -0.1) is 4.49 Å². The first-order chi connectivity index (χ1) is 14.7. The lowest BCUT2D eigenvalue weighted by Gasteiger charge is -2.53. The quantitative estimate of drug-likeness (QED) is 0.499. The maximum Gasteiger partial charge on any atom is 0.511 e. The molecule has 8 atom stereocenters. The van der Waals surface area contributed by atoms with Crippen LogP contribution in [0.1, 0.15) is 77.0 Å². The molecule has 5 nitrogen and oxygen atoms in total. The Balaban J connectivity index is 1.47. The van der Waals surface area contributed by atoms with Crippen molar-refractivity contribution >= 4 is 18.5 Å². The van der Waals surface area contributed by atoms with Gasteiger partial charge in [-0.3, -0.25) is 0 Å². The Hall–Kier alpha value is 0.0500. The zero-order valence-corrected chi connectivity index (χ0v) is 19.4. The molecule has 178 valence electrons. The van der Waals surface area contributed by atoms with Crippen LogP contribution in [-0.4, -0.2) is 26.1 Å². The number of halogens is 3. The molecular formula is C21H33F3NO4PS. The Bertz CT molecular complexity index is 726. The summed E-state index contributed by atoms with van der Waals surface area (Å²) in [6.45, 7) is 0. The summed E-state index contributed by atoms with van der Waals surface area (Å²) in [6, 6.07) is 0. The number of fused-ring (bicyclic) bond motifs is 7. The summed E-state index contributed by atoms with van der Waals surface area (Å²) in [7, 11) is -7.85. The SMILES string of the molecule is O=S(=O)(NP1OC2CCC3CCCCC3C2C2C(CCC3CCCCC32)O1)C(F)(F)F. The first-order valence-electron chi connectivity index (χ1n) is 12.0. The van der Waals surface area contributed by atoms with Crippen molar-refractivity contribution in [3.05, 3.63) is 0 Å². The minimum atomic E-state index is -5.51. The van der Waals surface area contributed by atoms with Crippen molar-refractivity contribution in [3.8, 4) is 0 Å². The Labute approximate surface area is 184 Å². The highest BCUT2D eigenvalue weighted by Gasteiger charge is 2.56. The third-order valence-corrected chi connectivity index (χ3v) is 11.9. The van der Waals surface area contributed by atoms with Gasteiger partial charge < -0.3 is 9.05 Å². The largest absolute Gasteiger partial charge is 0.511 e. The molecule has 31 heavy (non-hydrogen) atoms. The first kappa shape index (κ1) is 22.8. The third kappa shape index (κ3) is 4.31. The molecule has 0 aromatic rings. The molecule has 8 unspecified atom stereocenters. The van der Waals surface area contributed by atoms with Crippen LogP contribution in [-0.2, 0) is 19.1 Å². The third-order valence-electron chi connectivity index (χ3n) is 8.83. The second-order valence-corrected chi connectivity index (χ2v) is 13.4. The van der Waals surface area contributed by atoms with E-state index in [2.05, 4.69) is 0 Å². The molecule has 1 N–H and O–H groups in total. The molecule has 1 aliphatic heterocycles. The van der Waals surface area contributed by atoms with E-state index in [-0.39, 0.29) is 24.0 Å². The van der Waals surface area contributed by atoms with E-state index < -0.39 is 24.1 Å². The Morgan fingerprint density at radius 2 is 1.16 bits per heavy atom. The minimum absolute atomic E-state index is 0.211. The molecule has 4 saturated carbocycles. The molecule has 5 aliphatic rings. The lowest BCUT2D eigenvalue weighted by molar-refractivity contribution is -0.0856. The minimum Gasteiger partial charge on any atom is -0.318 e. The molecule has 0 bridgehead atoms. The summed E-state index contributed by atoms with van der Waals surface area (Å²) in [4.78, 5) is 0. The lowest BCUT2D eigenvalue weighted by atomic mass is 9.53. The van der Waals surface area contributed by atoms with Gasteiger partial charge in [0.15, 0.2) is 0 Å². The Morgan fingerprint density at radius 1 is 0.710 bits per heavy atom. The second-order valence-electron chi connectivity index (χ2n) is 10.3. The van der Waals surface area contributed by atoms with Crippen molar-refractivity contribution in [2.24, 2.45) is 35.5 Å². The van der Waals surface area contributed by atoms with E-state index in [0.29, 0.717) is 23.7 Å². The zero-order valence-electron chi connectivity index (χ0n) is 17.7. The van der Waals surface area contributed by atoms with Crippen LogP contribution in [0.2, 0.25) is 0 Å². The van der Waals surface area contributed by atoms with Crippen molar-refractivity contribution < 1.29 is 30.6 Å². The van der Waals surface area contributed by atoms with Gasteiger partial charge in [-0.05, 0) is 74.0 Å². The van der Waals surface area contributed by atoms with Crippen LogP contribution in [0.15, 0.2) is 0 Å². The van der Waals surface area contributed by atoms with E-state index >= 15 is 0 Å². The summed E-state index contributed by atoms with van der Waals surface area (Å²) in [5.74, 6) is 2.94. The average molecular weight is 484 g/mol. The van der Waals surface area contributed by atoms with E-state index in [0.717, 1.165) is 38.5 Å². The highest BCUT2D eigenvalue weighted by molar-refractivity contribution is 7.94. The molecule has 0 amide bonds. The van der Waals surface area contributed by atoms with Crippen LogP contribution in [0, 0.1) is 35.5 Å². The summed E-state index contributed by atoms with van der Waals surface area (Å²) in [5, 5.41) is 0. The van der Waals surface area contributed by atoms with E-state index in [1.165, 1.54) is 38.5 Å². The summed E-state index contributed by atoms with van der Waals surface area (Å²) >= 11 is 0. The molecular weight excluding hydrogens is 450 g/mol. The number of sulfonamides is 1. The van der Waals surface area contributed by atoms with Gasteiger partial charge >= 0.3 is 15.5 Å². The fraction of sp³-hybridized carbons (Fsp3) is 1.00. The second kappa shape index (κ2) is 8.68. The summed E-state index contributed by atoms with van der Waals surface area (Å²) in [6.07, 6.45) is 12.9. The van der Waals surface area contributed by atoms with Gasteiger partial charge in [0.2, 0.25) is 0 Å². The highest BCUT2D eigenvalue weighted by atomic mass is 32.2. The van der Waals surface area contributed by atoms with E-state index in [1.807, 2.05) is 0 Å². The predicted octanol–water partition coefficient (Wildman–Crippen LogP) is 5.87. The molecule has 1 saturated heterocycles. The molecule has 0 aromatic carbocycles. The highest BCUT2D eigenvalue weighted by Crippen LogP contribution is 2.61. The van der Waals surface area contributed by atoms with Gasteiger partial charge in [-0.2, -0.15) is 13.2 Å². The molecule has 0 aromatic heterocycles. The zero-order chi connectivity index (χ0) is 21.8. The van der Waals surface area contributed by atoms with Crippen LogP contribution in [0.5, 0.6) is 0 Å². The van der Waals surface area contributed by atoms with Crippen LogP contribution in [0.4, 0.5) is 13.2 Å². The van der Waals surface area contributed by atoms with E-state index in [1.54, 1.807) is 4.49 Å². The van der Waals surface area contributed by atoms with Crippen LogP contribution in [0.25, 0.3) is 0 Å². The average Bonchev–Trinajstić information content (AvgIpc) is 2.89. The Kier molecular flexibility index (Phi) is 6.39. The van der Waals surface area contributed by atoms with E-state index in [9.17, 15) is 21.6 Å². The molecule has 5 rings (SSSR count). The van der Waals surface area contributed by atoms with Crippen molar-refractivity contribution in [2.75, 3.05) is 0 Å². The van der Waals surface area contributed by atoms with Gasteiger partial charge in [-0.1, -0.05) is 38.5 Å². The van der Waals surface area contributed by atoms with E-state index in [4.69, 9.17) is 9.05 Å². The summed E-state index contributed by atoms with van der Waals surface area (Å²) < 4.78 is 76.8. The van der Waals surface area contributed by atoms with Crippen molar-refractivity contribution in [1.82, 2.24) is 4.49 Å². The Morgan fingerprint density at radius 3 is 1.61 bits per heavy atom. The topological polar surface area (TPSA) is 64.6 Å². The number of nitrogens with one attached hydrogen (secondary N) is 1. The fourth-order valence-corrected chi connectivity index (χ4v) is 10.2. The van der Waals surface area contributed by atoms with Gasteiger partial charge in [0.05, 0.1) is 12.2 Å². The summed E-state index contributed by atoms with van der Waals surface area (Å²) in [5.41, 5.74) is -5.37. The molecule has 5 fully saturated rings. The fourth-order valence-electron chi connectivity index (χ4n) is 7.67. The maximum absolute atomic E-state index is 13.0. The van der Waals surface area contributed by atoms with Crippen molar-refractivity contribution in [2.45, 2.75) is 94.8 Å². The molecule has 10 heteroatoms. The van der Waals surface area contributed by atoms with Gasteiger partial charge in [-0.25, -0.2) is 8.42 Å². The number of hydrogen-bond acceptors (Lipinski definition) is 4.